The van der Waals surface area contributed by atoms with Gasteiger partial charge in [0.1, 0.15) is 0 Å². The Morgan fingerprint density at radius 3 is 2.27 bits per heavy atom. The summed E-state index contributed by atoms with van der Waals surface area (Å²) in [6.45, 7) is 2.48. The second kappa shape index (κ2) is 9.47. The maximum absolute atomic E-state index is 12.7. The number of piperidine rings is 1. The zero-order chi connectivity index (χ0) is 15.1. The summed E-state index contributed by atoms with van der Waals surface area (Å²) >= 11 is 0. The number of nitrogens with zero attached hydrogens (tertiary/aromatic N) is 2. The molecule has 7 heteroatoms. The van der Waals surface area contributed by atoms with Gasteiger partial charge in [0.05, 0.1) is 0 Å². The van der Waals surface area contributed by atoms with E-state index in [2.05, 4.69) is 0 Å². The predicted molar refractivity (Wildman–Crippen MR) is 92.4 cm³/mol. The van der Waals surface area contributed by atoms with Crippen LogP contribution in [0.25, 0.3) is 0 Å². The second-order valence-corrected chi connectivity index (χ2v) is 7.32. The second-order valence-electron chi connectivity index (χ2n) is 5.39. The van der Waals surface area contributed by atoms with Crippen LogP contribution < -0.4 is 5.73 Å². The minimum Gasteiger partial charge on any atom is -0.329 e. The topological polar surface area (TPSA) is 66.6 Å². The fraction of sp³-hybridized carbons (Fsp3) is 0.600. The van der Waals surface area contributed by atoms with Crippen LogP contribution >= 0.6 is 12.4 Å². The van der Waals surface area contributed by atoms with Crippen molar-refractivity contribution in [2.24, 2.45) is 5.73 Å². The summed E-state index contributed by atoms with van der Waals surface area (Å²) in [6, 6.07) is 9.96. The summed E-state index contributed by atoms with van der Waals surface area (Å²) in [5.74, 6) is 0. The number of nitrogens with two attached hydrogens (primary N) is 1. The van der Waals surface area contributed by atoms with Crippen LogP contribution in [-0.4, -0.2) is 49.8 Å². The third-order valence-electron chi connectivity index (χ3n) is 3.84. The van der Waals surface area contributed by atoms with Gasteiger partial charge < -0.3 is 5.73 Å². The molecule has 0 radical (unpaired) electrons. The van der Waals surface area contributed by atoms with Crippen molar-refractivity contribution in [3.05, 3.63) is 35.9 Å². The van der Waals surface area contributed by atoms with Gasteiger partial charge in [-0.1, -0.05) is 36.8 Å². The highest BCUT2D eigenvalue weighted by molar-refractivity contribution is 7.86. The molecule has 1 aromatic rings. The van der Waals surface area contributed by atoms with Gasteiger partial charge in [0.2, 0.25) is 0 Å². The molecule has 2 rings (SSSR count). The van der Waals surface area contributed by atoms with E-state index in [1.54, 1.807) is 4.31 Å². The molecule has 1 aromatic carbocycles. The van der Waals surface area contributed by atoms with Crippen molar-refractivity contribution < 1.29 is 8.42 Å². The SMILES string of the molecule is Cl.NCCN(CCc1ccccc1)S(=O)(=O)N1CCCCC1. The zero-order valence-corrected chi connectivity index (χ0v) is 14.5. The molecule has 0 amide bonds. The van der Waals surface area contributed by atoms with Gasteiger partial charge in [0.15, 0.2) is 0 Å². The van der Waals surface area contributed by atoms with Gasteiger partial charge >= 0.3 is 0 Å². The molecule has 0 atom stereocenters. The van der Waals surface area contributed by atoms with Crippen LogP contribution in [0, 0.1) is 0 Å². The van der Waals surface area contributed by atoms with Gasteiger partial charge in [0.25, 0.3) is 10.2 Å². The van der Waals surface area contributed by atoms with Crippen LogP contribution in [0.2, 0.25) is 0 Å². The molecular formula is C15H26ClN3O2S. The molecule has 1 heterocycles. The summed E-state index contributed by atoms with van der Waals surface area (Å²) < 4.78 is 28.5. The number of hydrogen-bond donors (Lipinski definition) is 1. The standard InChI is InChI=1S/C15H25N3O2S.ClH/c16-10-14-18(13-9-15-7-3-1-4-8-15)21(19,20)17-11-5-2-6-12-17;/h1,3-4,7-8H,2,5-6,9-14,16H2;1H. The Morgan fingerprint density at radius 1 is 1.05 bits per heavy atom. The summed E-state index contributed by atoms with van der Waals surface area (Å²) in [5, 5.41) is 0. The lowest BCUT2D eigenvalue weighted by atomic mass is 10.1. The monoisotopic (exact) mass is 347 g/mol. The lowest BCUT2D eigenvalue weighted by Gasteiger charge is -2.32. The summed E-state index contributed by atoms with van der Waals surface area (Å²) in [6.07, 6.45) is 3.74. The van der Waals surface area contributed by atoms with Crippen LogP contribution in [0.5, 0.6) is 0 Å². The van der Waals surface area contributed by atoms with E-state index < -0.39 is 10.2 Å². The number of halogens is 1. The lowest BCUT2D eigenvalue weighted by Crippen LogP contribution is -2.48. The number of hydrogen-bond acceptors (Lipinski definition) is 3. The third kappa shape index (κ3) is 5.21. The van der Waals surface area contributed by atoms with Gasteiger partial charge in [-0.25, -0.2) is 0 Å². The van der Waals surface area contributed by atoms with Crippen LogP contribution in [0.15, 0.2) is 30.3 Å². The summed E-state index contributed by atoms with van der Waals surface area (Å²) in [7, 11) is -3.37. The first-order valence-electron chi connectivity index (χ1n) is 7.64. The van der Waals surface area contributed by atoms with Gasteiger partial charge in [-0.2, -0.15) is 17.0 Å². The van der Waals surface area contributed by atoms with E-state index in [0.717, 1.165) is 24.8 Å². The average molecular weight is 348 g/mol. The van der Waals surface area contributed by atoms with Crippen LogP contribution in [-0.2, 0) is 16.6 Å². The molecule has 1 aliphatic rings. The van der Waals surface area contributed by atoms with E-state index in [0.29, 0.717) is 39.1 Å². The largest absolute Gasteiger partial charge is 0.329 e. The molecule has 22 heavy (non-hydrogen) atoms. The Bertz CT molecular complexity index is 519. The first-order chi connectivity index (χ1) is 10.1. The third-order valence-corrected chi connectivity index (χ3v) is 5.87. The Hall–Kier alpha value is -0.660. The van der Waals surface area contributed by atoms with Crippen molar-refractivity contribution in [3.63, 3.8) is 0 Å². The first-order valence-corrected chi connectivity index (χ1v) is 9.03. The lowest BCUT2D eigenvalue weighted by molar-refractivity contribution is 0.304. The fourth-order valence-electron chi connectivity index (χ4n) is 2.64. The Balaban J connectivity index is 0.00000242. The van der Waals surface area contributed by atoms with Crippen molar-refractivity contribution in [2.45, 2.75) is 25.7 Å². The molecule has 0 saturated carbocycles. The highest BCUT2D eigenvalue weighted by Gasteiger charge is 2.29. The van der Waals surface area contributed by atoms with E-state index in [-0.39, 0.29) is 12.4 Å². The molecule has 0 aliphatic carbocycles. The molecule has 0 aromatic heterocycles. The highest BCUT2D eigenvalue weighted by atomic mass is 35.5. The molecule has 126 valence electrons. The van der Waals surface area contributed by atoms with Crippen molar-refractivity contribution in [3.8, 4) is 0 Å². The van der Waals surface area contributed by atoms with Crippen molar-refractivity contribution in [1.82, 2.24) is 8.61 Å². The van der Waals surface area contributed by atoms with Gasteiger partial charge in [-0.3, -0.25) is 0 Å². The van der Waals surface area contributed by atoms with Crippen LogP contribution in [0.1, 0.15) is 24.8 Å². The highest BCUT2D eigenvalue weighted by Crippen LogP contribution is 2.16. The maximum atomic E-state index is 12.7. The van der Waals surface area contributed by atoms with Gasteiger partial charge in [-0.15, -0.1) is 12.4 Å². The molecule has 0 unspecified atom stereocenters. The molecule has 2 N–H and O–H groups in total. The van der Waals surface area contributed by atoms with Crippen molar-refractivity contribution in [2.75, 3.05) is 32.7 Å². The Morgan fingerprint density at radius 2 is 1.68 bits per heavy atom. The normalized spacial score (nSPS) is 16.5. The van der Waals surface area contributed by atoms with Crippen molar-refractivity contribution in [1.29, 1.82) is 0 Å². The van der Waals surface area contributed by atoms with E-state index in [4.69, 9.17) is 5.73 Å². The average Bonchev–Trinajstić information content (AvgIpc) is 2.53. The fourth-order valence-corrected chi connectivity index (χ4v) is 4.35. The molecule has 0 bridgehead atoms. The molecule has 1 fully saturated rings. The number of benzene rings is 1. The van der Waals surface area contributed by atoms with Gasteiger partial charge in [-0.05, 0) is 24.8 Å². The number of rotatable bonds is 7. The molecule has 0 spiro atoms. The van der Waals surface area contributed by atoms with E-state index in [1.165, 1.54) is 4.31 Å². The van der Waals surface area contributed by atoms with Crippen LogP contribution in [0.3, 0.4) is 0 Å². The molecule has 1 aliphatic heterocycles. The minimum atomic E-state index is -3.37. The molecule has 5 nitrogen and oxygen atoms in total. The molecule has 1 saturated heterocycles. The summed E-state index contributed by atoms with van der Waals surface area (Å²) in [4.78, 5) is 0. The Kier molecular flexibility index (Phi) is 8.35. The Labute approximate surface area is 140 Å². The van der Waals surface area contributed by atoms with Gasteiger partial charge in [0, 0.05) is 32.7 Å². The first kappa shape index (κ1) is 19.4. The smallest absolute Gasteiger partial charge is 0.282 e. The maximum Gasteiger partial charge on any atom is 0.282 e. The molecular weight excluding hydrogens is 322 g/mol. The van der Waals surface area contributed by atoms with E-state index >= 15 is 0 Å². The van der Waals surface area contributed by atoms with Crippen molar-refractivity contribution >= 4 is 22.6 Å². The predicted octanol–water partition coefficient (Wildman–Crippen LogP) is 1.64. The minimum absolute atomic E-state index is 0. The van der Waals surface area contributed by atoms with Crippen LogP contribution in [0.4, 0.5) is 0 Å². The quantitative estimate of drug-likeness (QED) is 0.815. The van der Waals surface area contributed by atoms with E-state index in [9.17, 15) is 8.42 Å². The zero-order valence-electron chi connectivity index (χ0n) is 12.9. The van der Waals surface area contributed by atoms with E-state index in [1.807, 2.05) is 30.3 Å². The summed E-state index contributed by atoms with van der Waals surface area (Å²) in [5.41, 5.74) is 6.75.